The number of nitrogens with zero attached hydrogens (tertiary/aromatic N) is 1. The Kier molecular flexibility index (Phi) is 4.39. The van der Waals surface area contributed by atoms with Gasteiger partial charge in [0.25, 0.3) is 0 Å². The fourth-order valence-electron chi connectivity index (χ4n) is 1.67. The topological polar surface area (TPSA) is 51.0 Å². The van der Waals surface area contributed by atoms with Crippen molar-refractivity contribution >= 4 is 6.21 Å². The van der Waals surface area contributed by atoms with Crippen LogP contribution in [0.1, 0.15) is 11.1 Å². The first kappa shape index (κ1) is 13.0. The quantitative estimate of drug-likeness (QED) is 0.508. The molecule has 0 spiro atoms. The number of rotatable bonds is 5. The molecule has 0 amide bonds. The molecule has 4 heteroatoms. The summed E-state index contributed by atoms with van der Waals surface area (Å²) >= 11 is 0. The summed E-state index contributed by atoms with van der Waals surface area (Å²) in [5, 5.41) is 11.7. The van der Waals surface area contributed by atoms with Crippen LogP contribution >= 0.6 is 0 Å². The number of benzene rings is 2. The molecule has 0 saturated carbocycles. The third-order valence-corrected chi connectivity index (χ3v) is 2.65. The summed E-state index contributed by atoms with van der Waals surface area (Å²) in [6, 6.07) is 15.2. The molecule has 0 saturated heterocycles. The van der Waals surface area contributed by atoms with Crippen molar-refractivity contribution in [1.29, 1.82) is 0 Å². The smallest absolute Gasteiger partial charge is 0.132 e. The van der Waals surface area contributed by atoms with Crippen molar-refractivity contribution in [2.24, 2.45) is 5.16 Å². The highest BCUT2D eigenvalue weighted by molar-refractivity contribution is 5.83. The van der Waals surface area contributed by atoms with Crippen molar-refractivity contribution in [3.63, 3.8) is 0 Å². The zero-order valence-corrected chi connectivity index (χ0v) is 10.6. The van der Waals surface area contributed by atoms with E-state index in [0.717, 1.165) is 5.56 Å². The first-order valence-electron chi connectivity index (χ1n) is 5.85. The summed E-state index contributed by atoms with van der Waals surface area (Å²) in [6.45, 7) is 0.445. The number of hydrogen-bond acceptors (Lipinski definition) is 4. The molecule has 0 aliphatic rings. The third-order valence-electron chi connectivity index (χ3n) is 2.65. The van der Waals surface area contributed by atoms with Gasteiger partial charge >= 0.3 is 0 Å². The predicted octanol–water partition coefficient (Wildman–Crippen LogP) is 3.08. The van der Waals surface area contributed by atoms with E-state index in [4.69, 9.17) is 14.7 Å². The van der Waals surface area contributed by atoms with E-state index in [1.54, 1.807) is 25.3 Å². The molecule has 0 atom stereocenters. The Balaban J connectivity index is 2.17. The maximum Gasteiger partial charge on any atom is 0.132 e. The maximum atomic E-state index is 8.64. The summed E-state index contributed by atoms with van der Waals surface area (Å²) < 4.78 is 10.9. The Labute approximate surface area is 111 Å². The van der Waals surface area contributed by atoms with Crippen molar-refractivity contribution in [3.8, 4) is 11.5 Å². The van der Waals surface area contributed by atoms with Gasteiger partial charge in [-0.2, -0.15) is 0 Å². The lowest BCUT2D eigenvalue weighted by Crippen LogP contribution is -1.99. The van der Waals surface area contributed by atoms with Gasteiger partial charge in [-0.3, -0.25) is 0 Å². The van der Waals surface area contributed by atoms with E-state index in [1.807, 2.05) is 30.3 Å². The van der Waals surface area contributed by atoms with Crippen LogP contribution in [0.5, 0.6) is 11.5 Å². The molecule has 0 unspecified atom stereocenters. The molecular weight excluding hydrogens is 242 g/mol. The van der Waals surface area contributed by atoms with Crippen LogP contribution < -0.4 is 9.47 Å². The fraction of sp³-hybridized carbons (Fsp3) is 0.133. The molecule has 0 radical (unpaired) electrons. The molecule has 0 bridgehead atoms. The minimum Gasteiger partial charge on any atom is -0.497 e. The van der Waals surface area contributed by atoms with Gasteiger partial charge in [-0.1, -0.05) is 35.5 Å². The van der Waals surface area contributed by atoms with Gasteiger partial charge in [-0.25, -0.2) is 0 Å². The molecule has 0 aliphatic carbocycles. The van der Waals surface area contributed by atoms with Gasteiger partial charge in [0.05, 0.1) is 13.3 Å². The summed E-state index contributed by atoms with van der Waals surface area (Å²) in [7, 11) is 1.59. The zero-order valence-electron chi connectivity index (χ0n) is 10.6. The van der Waals surface area contributed by atoms with Crippen LogP contribution in [-0.4, -0.2) is 18.5 Å². The lowest BCUT2D eigenvalue weighted by Gasteiger charge is -2.10. The second-order valence-corrected chi connectivity index (χ2v) is 3.92. The summed E-state index contributed by atoms with van der Waals surface area (Å²) in [5.74, 6) is 1.30. The lowest BCUT2D eigenvalue weighted by atomic mass is 10.2. The first-order valence-corrected chi connectivity index (χ1v) is 5.85. The molecular formula is C15H15NO3. The highest BCUT2D eigenvalue weighted by atomic mass is 16.5. The standard InChI is InChI=1S/C15H15NO3/c1-18-14-8-7-13(10-16-17)15(9-14)19-11-12-5-3-2-4-6-12/h2-10,17H,11H2,1H3. The van der Waals surface area contributed by atoms with E-state index >= 15 is 0 Å². The van der Waals surface area contributed by atoms with Gasteiger partial charge in [-0.05, 0) is 17.7 Å². The molecule has 98 valence electrons. The Hall–Kier alpha value is -2.49. The van der Waals surface area contributed by atoms with E-state index in [-0.39, 0.29) is 0 Å². The normalized spacial score (nSPS) is 10.6. The van der Waals surface area contributed by atoms with Crippen LogP contribution in [-0.2, 0) is 6.61 Å². The molecule has 0 aliphatic heterocycles. The summed E-state index contributed by atoms with van der Waals surface area (Å²) in [4.78, 5) is 0. The molecule has 2 aromatic carbocycles. The number of methoxy groups -OCH3 is 1. The van der Waals surface area contributed by atoms with Crippen LogP contribution in [0.2, 0.25) is 0 Å². The summed E-state index contributed by atoms with van der Waals surface area (Å²) in [6.07, 6.45) is 1.33. The third kappa shape index (κ3) is 3.48. The monoisotopic (exact) mass is 257 g/mol. The molecule has 19 heavy (non-hydrogen) atoms. The Morgan fingerprint density at radius 1 is 1.16 bits per heavy atom. The predicted molar refractivity (Wildman–Crippen MR) is 73.1 cm³/mol. The number of oxime groups is 1. The highest BCUT2D eigenvalue weighted by Gasteiger charge is 2.05. The lowest BCUT2D eigenvalue weighted by molar-refractivity contribution is 0.301. The molecule has 1 N–H and O–H groups in total. The van der Waals surface area contributed by atoms with Crippen LogP contribution in [0.15, 0.2) is 53.7 Å². The first-order chi connectivity index (χ1) is 9.33. The fourth-order valence-corrected chi connectivity index (χ4v) is 1.67. The largest absolute Gasteiger partial charge is 0.497 e. The molecule has 2 aromatic rings. The van der Waals surface area contributed by atoms with E-state index in [9.17, 15) is 0 Å². The van der Waals surface area contributed by atoms with Crippen LogP contribution in [0.3, 0.4) is 0 Å². The van der Waals surface area contributed by atoms with Crippen molar-refractivity contribution in [2.75, 3.05) is 7.11 Å². The van der Waals surface area contributed by atoms with Crippen molar-refractivity contribution < 1.29 is 14.7 Å². The SMILES string of the molecule is COc1ccc(C=NO)c(OCc2ccccc2)c1. The van der Waals surface area contributed by atoms with Gasteiger partial charge < -0.3 is 14.7 Å². The molecule has 0 aromatic heterocycles. The maximum absolute atomic E-state index is 8.64. The molecule has 2 rings (SSSR count). The van der Waals surface area contributed by atoms with E-state index in [0.29, 0.717) is 23.7 Å². The van der Waals surface area contributed by atoms with Crippen molar-refractivity contribution in [1.82, 2.24) is 0 Å². The molecule has 0 heterocycles. The summed E-state index contributed by atoms with van der Waals surface area (Å²) in [5.41, 5.74) is 1.76. The van der Waals surface area contributed by atoms with Crippen molar-refractivity contribution in [2.45, 2.75) is 6.61 Å². The van der Waals surface area contributed by atoms with Gasteiger partial charge in [0.15, 0.2) is 0 Å². The minimum atomic E-state index is 0.445. The molecule has 0 fully saturated rings. The van der Waals surface area contributed by atoms with E-state index < -0.39 is 0 Å². The Morgan fingerprint density at radius 2 is 1.95 bits per heavy atom. The van der Waals surface area contributed by atoms with Crippen molar-refractivity contribution in [3.05, 3.63) is 59.7 Å². The number of hydrogen-bond donors (Lipinski definition) is 1. The average molecular weight is 257 g/mol. The van der Waals surface area contributed by atoms with Gasteiger partial charge in [-0.15, -0.1) is 0 Å². The van der Waals surface area contributed by atoms with Gasteiger partial charge in [0.2, 0.25) is 0 Å². The Bertz CT molecular complexity index is 553. The van der Waals surface area contributed by atoms with Crippen LogP contribution in [0, 0.1) is 0 Å². The minimum absolute atomic E-state index is 0.445. The van der Waals surface area contributed by atoms with Crippen LogP contribution in [0.4, 0.5) is 0 Å². The zero-order chi connectivity index (χ0) is 13.5. The number of ether oxygens (including phenoxy) is 2. The highest BCUT2D eigenvalue weighted by Crippen LogP contribution is 2.24. The van der Waals surface area contributed by atoms with Gasteiger partial charge in [0.1, 0.15) is 18.1 Å². The van der Waals surface area contributed by atoms with Crippen LogP contribution in [0.25, 0.3) is 0 Å². The second-order valence-electron chi connectivity index (χ2n) is 3.92. The van der Waals surface area contributed by atoms with Gasteiger partial charge in [0, 0.05) is 11.6 Å². The van der Waals surface area contributed by atoms with E-state index in [1.165, 1.54) is 6.21 Å². The second kappa shape index (κ2) is 6.44. The van der Waals surface area contributed by atoms with E-state index in [2.05, 4.69) is 5.16 Å². The Morgan fingerprint density at radius 3 is 2.63 bits per heavy atom. The molecule has 4 nitrogen and oxygen atoms in total. The average Bonchev–Trinajstić information content (AvgIpc) is 2.47.